The van der Waals surface area contributed by atoms with Gasteiger partial charge in [-0.1, -0.05) is 48.7 Å². The van der Waals surface area contributed by atoms with Gasteiger partial charge in [0.05, 0.1) is 28.7 Å². The van der Waals surface area contributed by atoms with Crippen LogP contribution in [0.5, 0.6) is 11.6 Å². The first kappa shape index (κ1) is 33.5. The molecule has 0 saturated carbocycles. The number of hydrogen-bond acceptors (Lipinski definition) is 8. The number of aliphatic hydroxyl groups is 1. The highest BCUT2D eigenvalue weighted by Gasteiger charge is 2.17. The third-order valence-corrected chi connectivity index (χ3v) is 7.25. The lowest BCUT2D eigenvalue weighted by molar-refractivity contribution is 0.250. The maximum atomic E-state index is 13.1. The summed E-state index contributed by atoms with van der Waals surface area (Å²) in [6.07, 6.45) is 3.95. The highest BCUT2D eigenvalue weighted by molar-refractivity contribution is 6.45. The number of rotatable bonds is 13. The molecule has 2 aromatic heterocycles. The summed E-state index contributed by atoms with van der Waals surface area (Å²) >= 11 is 13.0. The Bertz CT molecular complexity index is 1610. The van der Waals surface area contributed by atoms with Crippen molar-refractivity contribution in [1.29, 1.82) is 0 Å². The zero-order chi connectivity index (χ0) is 32.3. The number of likely N-dealkylation sites (N-methyl/N-ethyl adjacent to an activating group) is 1. The molecule has 0 bridgehead atoms. The minimum atomic E-state index is -0.563. The maximum Gasteiger partial charge on any atom is 0.324 e. The lowest BCUT2D eigenvalue weighted by Gasteiger charge is -2.14. The van der Waals surface area contributed by atoms with Gasteiger partial charge in [0.25, 0.3) is 0 Å². The molecule has 0 fully saturated rings. The molecular weight excluding hydrogens is 621 g/mol. The number of nitrogens with one attached hydrogen (secondary N) is 4. The molecule has 0 aliphatic heterocycles. The predicted molar refractivity (Wildman–Crippen MR) is 175 cm³/mol. The van der Waals surface area contributed by atoms with Crippen molar-refractivity contribution in [1.82, 2.24) is 30.0 Å². The van der Waals surface area contributed by atoms with E-state index < -0.39 is 12.1 Å². The number of hydrogen-bond donors (Lipinski definition) is 5. The second-order valence-corrected chi connectivity index (χ2v) is 11.0. The fourth-order valence-electron chi connectivity index (χ4n) is 4.05. The van der Waals surface area contributed by atoms with Crippen LogP contribution in [0.2, 0.25) is 10.0 Å². The Morgan fingerprint density at radius 1 is 0.978 bits per heavy atom. The van der Waals surface area contributed by atoms with Crippen LogP contribution in [-0.4, -0.2) is 69.0 Å². The van der Waals surface area contributed by atoms with Crippen LogP contribution in [0.25, 0.3) is 5.69 Å². The van der Waals surface area contributed by atoms with Gasteiger partial charge >= 0.3 is 12.1 Å². The standard InChI is InChI=1S/C30H35Cl2N9O4/c1-4-5-6-20-15-25(41(39-20)21-9-7-19(17-42)8-10-21)38-30(44)36-22-11-12-23(28(32)27(22)31)45-26-16-24(34-18-35-26)37-29(43)33-13-14-40(2)3/h7-12,15-16,18,42H,4-6,13-14,17H2,1-3H3,(H2,36,38,44)(H2,33,34,35,37,43). The highest BCUT2D eigenvalue weighted by atomic mass is 35.5. The first-order valence-corrected chi connectivity index (χ1v) is 15.0. The summed E-state index contributed by atoms with van der Waals surface area (Å²) in [6.45, 7) is 3.17. The van der Waals surface area contributed by atoms with Gasteiger partial charge in [-0.25, -0.2) is 24.2 Å². The number of carbonyl (C=O) groups is 2. The summed E-state index contributed by atoms with van der Waals surface area (Å²) in [4.78, 5) is 35.2. The van der Waals surface area contributed by atoms with Crippen LogP contribution < -0.4 is 26.0 Å². The van der Waals surface area contributed by atoms with Gasteiger partial charge in [-0.3, -0.25) is 10.6 Å². The van der Waals surface area contributed by atoms with Crippen molar-refractivity contribution in [2.45, 2.75) is 32.8 Å². The van der Waals surface area contributed by atoms with E-state index >= 15 is 0 Å². The van der Waals surface area contributed by atoms with Crippen LogP contribution in [-0.2, 0) is 13.0 Å². The van der Waals surface area contributed by atoms with Crippen molar-refractivity contribution >= 4 is 52.6 Å². The number of ether oxygens (including phenoxy) is 1. The van der Waals surface area contributed by atoms with Gasteiger partial charge < -0.3 is 25.4 Å². The van der Waals surface area contributed by atoms with E-state index in [-0.39, 0.29) is 39.8 Å². The molecule has 0 radical (unpaired) electrons. The Labute approximate surface area is 270 Å². The van der Waals surface area contributed by atoms with Gasteiger partial charge in [-0.15, -0.1) is 0 Å². The SMILES string of the molecule is CCCCc1cc(NC(=O)Nc2ccc(Oc3cc(NC(=O)NCCN(C)C)ncn3)c(Cl)c2Cl)n(-c2ccc(CO)cc2)n1. The third-order valence-electron chi connectivity index (χ3n) is 6.39. The number of nitrogens with zero attached hydrogens (tertiary/aromatic N) is 5. The number of aliphatic hydroxyl groups excluding tert-OH is 1. The van der Waals surface area contributed by atoms with Crippen molar-refractivity contribution in [3.8, 4) is 17.3 Å². The lowest BCUT2D eigenvalue weighted by atomic mass is 10.2. The number of carbonyl (C=O) groups excluding carboxylic acids is 2. The van der Waals surface area contributed by atoms with Gasteiger partial charge in [0.15, 0.2) is 0 Å². The molecule has 5 N–H and O–H groups in total. The van der Waals surface area contributed by atoms with Gasteiger partial charge in [0.2, 0.25) is 5.88 Å². The van der Waals surface area contributed by atoms with Gasteiger partial charge in [0.1, 0.15) is 28.7 Å². The molecule has 238 valence electrons. The largest absolute Gasteiger partial charge is 0.437 e. The van der Waals surface area contributed by atoms with Crippen molar-refractivity contribution < 1.29 is 19.4 Å². The summed E-state index contributed by atoms with van der Waals surface area (Å²) in [6, 6.07) is 12.6. The number of halogens is 2. The molecule has 45 heavy (non-hydrogen) atoms. The lowest BCUT2D eigenvalue weighted by Crippen LogP contribution is -2.34. The second kappa shape index (κ2) is 16.0. The Morgan fingerprint density at radius 2 is 1.76 bits per heavy atom. The van der Waals surface area contributed by atoms with Gasteiger partial charge in [-0.2, -0.15) is 5.10 Å². The third kappa shape index (κ3) is 9.53. The molecule has 4 rings (SSSR count). The van der Waals surface area contributed by atoms with Crippen molar-refractivity contribution in [2.75, 3.05) is 43.1 Å². The Morgan fingerprint density at radius 3 is 2.47 bits per heavy atom. The molecule has 0 spiro atoms. The minimum absolute atomic E-state index is 0.0416. The van der Waals surface area contributed by atoms with Crippen LogP contribution in [0.1, 0.15) is 31.0 Å². The smallest absolute Gasteiger partial charge is 0.324 e. The molecule has 2 aromatic carbocycles. The van der Waals surface area contributed by atoms with Crippen molar-refractivity contribution in [3.05, 3.63) is 76.2 Å². The Kier molecular flexibility index (Phi) is 11.9. The zero-order valence-electron chi connectivity index (χ0n) is 25.1. The molecule has 15 heteroatoms. The fraction of sp³-hybridized carbons (Fsp3) is 0.300. The molecule has 4 aromatic rings. The quantitative estimate of drug-likeness (QED) is 0.119. The number of aromatic nitrogens is 4. The molecule has 0 aliphatic carbocycles. The fourth-order valence-corrected chi connectivity index (χ4v) is 4.45. The topological polar surface area (TPSA) is 159 Å². The molecule has 0 aliphatic rings. The molecule has 4 amide bonds. The number of aryl methyl sites for hydroxylation is 1. The first-order chi connectivity index (χ1) is 21.7. The monoisotopic (exact) mass is 655 g/mol. The first-order valence-electron chi connectivity index (χ1n) is 14.2. The van der Waals surface area contributed by atoms with Crippen LogP contribution >= 0.6 is 23.2 Å². The van der Waals surface area contributed by atoms with Crippen LogP contribution in [0.3, 0.4) is 0 Å². The van der Waals surface area contributed by atoms with E-state index in [1.54, 1.807) is 22.9 Å². The number of benzene rings is 2. The number of unbranched alkanes of at least 4 members (excludes halogenated alkanes) is 1. The highest BCUT2D eigenvalue weighted by Crippen LogP contribution is 2.39. The minimum Gasteiger partial charge on any atom is -0.437 e. The van der Waals surface area contributed by atoms with Crippen molar-refractivity contribution in [2.24, 2.45) is 0 Å². The van der Waals surface area contributed by atoms with Gasteiger partial charge in [-0.05, 0) is 56.8 Å². The van der Waals surface area contributed by atoms with Crippen LogP contribution in [0.15, 0.2) is 54.9 Å². The summed E-state index contributed by atoms with van der Waals surface area (Å²) in [5.74, 6) is 0.972. The van der Waals surface area contributed by atoms with E-state index in [2.05, 4.69) is 43.3 Å². The number of anilines is 3. The summed E-state index contributed by atoms with van der Waals surface area (Å²) in [5, 5.41) is 25.0. The normalized spacial score (nSPS) is 10.9. The summed E-state index contributed by atoms with van der Waals surface area (Å²) < 4.78 is 7.43. The molecule has 0 atom stereocenters. The van der Waals surface area contributed by atoms with Crippen molar-refractivity contribution in [3.63, 3.8) is 0 Å². The van der Waals surface area contributed by atoms with E-state index in [4.69, 9.17) is 27.9 Å². The maximum absolute atomic E-state index is 13.1. The van der Waals surface area contributed by atoms with E-state index in [9.17, 15) is 14.7 Å². The molecular formula is C30H35Cl2N9O4. The number of urea groups is 2. The van der Waals surface area contributed by atoms with E-state index in [1.165, 1.54) is 18.5 Å². The molecule has 0 unspecified atom stereocenters. The van der Waals surface area contributed by atoms with Crippen LogP contribution in [0, 0.1) is 0 Å². The average molecular weight is 657 g/mol. The van der Waals surface area contributed by atoms with E-state index in [0.717, 1.165) is 36.2 Å². The molecule has 2 heterocycles. The summed E-state index contributed by atoms with van der Waals surface area (Å²) in [7, 11) is 3.81. The van der Waals surface area contributed by atoms with E-state index in [0.29, 0.717) is 18.9 Å². The number of amides is 4. The van der Waals surface area contributed by atoms with Gasteiger partial charge in [0, 0.05) is 25.2 Å². The van der Waals surface area contributed by atoms with E-state index in [1.807, 2.05) is 37.2 Å². The Balaban J connectivity index is 1.43. The average Bonchev–Trinajstić information content (AvgIpc) is 3.42. The van der Waals surface area contributed by atoms with Crippen LogP contribution in [0.4, 0.5) is 26.9 Å². The molecule has 13 nitrogen and oxygen atoms in total. The Hall–Kier alpha value is -4.43. The predicted octanol–water partition coefficient (Wildman–Crippen LogP) is 5.92. The molecule has 0 saturated heterocycles. The summed E-state index contributed by atoms with van der Waals surface area (Å²) in [5.41, 5.74) is 2.56. The second-order valence-electron chi connectivity index (χ2n) is 10.2. The zero-order valence-corrected chi connectivity index (χ0v) is 26.6.